The molecular weight excluding hydrogens is 144 g/mol. The van der Waals surface area contributed by atoms with Crippen LogP contribution < -0.4 is 21.3 Å². The minimum Gasteiger partial charge on any atom is -0.336 e. The highest BCUT2D eigenvalue weighted by Gasteiger charge is 2.29. The summed E-state index contributed by atoms with van der Waals surface area (Å²) < 4.78 is 0. The van der Waals surface area contributed by atoms with Crippen molar-refractivity contribution in [1.29, 1.82) is 0 Å². The van der Waals surface area contributed by atoms with Gasteiger partial charge in [-0.2, -0.15) is 0 Å². The molecule has 5 nitrogen and oxygen atoms in total. The minimum atomic E-state index is -0.0644. The molecule has 0 aromatic heterocycles. The van der Waals surface area contributed by atoms with Gasteiger partial charge in [-0.15, -0.1) is 0 Å². The molecule has 2 aliphatic heterocycles. The third-order valence-corrected chi connectivity index (χ3v) is 2.05. The summed E-state index contributed by atoms with van der Waals surface area (Å²) in [5.41, 5.74) is 0. The molecule has 0 bridgehead atoms. The Kier molecular flexibility index (Phi) is 1.67. The van der Waals surface area contributed by atoms with Crippen LogP contribution in [0, 0.1) is 0 Å². The number of rotatable bonds is 1. The quantitative estimate of drug-likeness (QED) is 0.362. The van der Waals surface area contributed by atoms with Crippen LogP contribution in [0.25, 0.3) is 0 Å². The van der Waals surface area contributed by atoms with Crippen molar-refractivity contribution in [1.82, 2.24) is 21.3 Å². The molecule has 2 fully saturated rings. The van der Waals surface area contributed by atoms with Gasteiger partial charge in [-0.25, -0.2) is 4.79 Å². The zero-order chi connectivity index (χ0) is 7.68. The van der Waals surface area contributed by atoms with Crippen LogP contribution in [0.5, 0.6) is 0 Å². The van der Waals surface area contributed by atoms with Crippen molar-refractivity contribution in [2.24, 2.45) is 0 Å². The summed E-state index contributed by atoms with van der Waals surface area (Å²) in [5.74, 6) is 0. The topological polar surface area (TPSA) is 65.2 Å². The Morgan fingerprint density at radius 2 is 2.00 bits per heavy atom. The van der Waals surface area contributed by atoms with E-state index in [9.17, 15) is 4.79 Å². The van der Waals surface area contributed by atoms with Crippen molar-refractivity contribution < 1.29 is 4.79 Å². The summed E-state index contributed by atoms with van der Waals surface area (Å²) in [6.07, 6.45) is 0.244. The van der Waals surface area contributed by atoms with E-state index in [0.29, 0.717) is 6.54 Å². The highest BCUT2D eigenvalue weighted by atomic mass is 16.2. The van der Waals surface area contributed by atoms with E-state index in [1.54, 1.807) is 0 Å². The maximum absolute atomic E-state index is 10.7. The second-order valence-electron chi connectivity index (χ2n) is 2.85. The van der Waals surface area contributed by atoms with E-state index < -0.39 is 0 Å². The first-order valence-electron chi connectivity index (χ1n) is 3.87. The molecule has 0 radical (unpaired) electrons. The maximum atomic E-state index is 10.7. The number of nitrogens with one attached hydrogen (secondary N) is 4. The van der Waals surface area contributed by atoms with Crippen LogP contribution in [0.4, 0.5) is 4.79 Å². The molecule has 2 amide bonds. The maximum Gasteiger partial charge on any atom is 0.315 e. The molecule has 2 heterocycles. The van der Waals surface area contributed by atoms with Crippen LogP contribution in [-0.2, 0) is 0 Å². The number of carbonyl (C=O) groups excluding carboxylic acids is 1. The molecule has 1 unspecified atom stereocenters. The molecule has 0 aromatic rings. The van der Waals surface area contributed by atoms with Gasteiger partial charge in [-0.3, -0.25) is 10.6 Å². The number of hydrogen-bond donors (Lipinski definition) is 4. The summed E-state index contributed by atoms with van der Waals surface area (Å²) in [6, 6.07) is 0.135. The van der Waals surface area contributed by atoms with Crippen LogP contribution >= 0.6 is 0 Å². The fourth-order valence-corrected chi connectivity index (χ4v) is 1.49. The van der Waals surface area contributed by atoms with Crippen LogP contribution in [-0.4, -0.2) is 37.9 Å². The Morgan fingerprint density at radius 1 is 1.27 bits per heavy atom. The lowest BCUT2D eigenvalue weighted by Gasteiger charge is -2.16. The van der Waals surface area contributed by atoms with Crippen LogP contribution in [0.2, 0.25) is 0 Å². The number of carbonyl (C=O) groups is 1. The van der Waals surface area contributed by atoms with Gasteiger partial charge in [0.15, 0.2) is 0 Å². The van der Waals surface area contributed by atoms with Gasteiger partial charge in [-0.05, 0) is 0 Å². The molecule has 1 atom stereocenters. The Morgan fingerprint density at radius 3 is 2.55 bits per heavy atom. The van der Waals surface area contributed by atoms with Gasteiger partial charge < -0.3 is 10.6 Å². The lowest BCUT2D eigenvalue weighted by atomic mass is 10.2. The normalized spacial score (nSPS) is 32.0. The van der Waals surface area contributed by atoms with Gasteiger partial charge in [0, 0.05) is 19.6 Å². The lowest BCUT2D eigenvalue weighted by molar-refractivity contribution is 0.246. The summed E-state index contributed by atoms with van der Waals surface area (Å²) in [5, 5.41) is 12.0. The molecule has 0 spiro atoms. The van der Waals surface area contributed by atoms with E-state index in [1.807, 2.05) is 0 Å². The highest BCUT2D eigenvalue weighted by molar-refractivity contribution is 5.76. The predicted octanol–water partition coefficient (Wildman–Crippen LogP) is -1.81. The second-order valence-corrected chi connectivity index (χ2v) is 2.85. The van der Waals surface area contributed by atoms with Crippen LogP contribution in [0.3, 0.4) is 0 Å². The van der Waals surface area contributed by atoms with Gasteiger partial charge in [0.25, 0.3) is 0 Å². The molecule has 62 valence electrons. The SMILES string of the molecule is O=C1NCC(C2NCCN2)N1. The largest absolute Gasteiger partial charge is 0.336 e. The van der Waals surface area contributed by atoms with E-state index in [2.05, 4.69) is 21.3 Å². The minimum absolute atomic E-state index is 0.0644. The average molecular weight is 156 g/mol. The van der Waals surface area contributed by atoms with Crippen LogP contribution in [0.1, 0.15) is 0 Å². The van der Waals surface area contributed by atoms with Crippen molar-refractivity contribution in [2.75, 3.05) is 19.6 Å². The molecule has 0 saturated carbocycles. The first-order chi connectivity index (χ1) is 5.36. The molecule has 2 saturated heterocycles. The van der Waals surface area contributed by atoms with E-state index in [1.165, 1.54) is 0 Å². The third-order valence-electron chi connectivity index (χ3n) is 2.05. The fraction of sp³-hybridized carbons (Fsp3) is 0.833. The monoisotopic (exact) mass is 156 g/mol. The molecular formula is C6H12N4O. The van der Waals surface area contributed by atoms with E-state index in [-0.39, 0.29) is 18.2 Å². The van der Waals surface area contributed by atoms with Crippen molar-refractivity contribution in [3.63, 3.8) is 0 Å². The molecule has 4 N–H and O–H groups in total. The lowest BCUT2D eigenvalue weighted by Crippen LogP contribution is -2.49. The average Bonchev–Trinajstić information content (AvgIpc) is 2.55. The van der Waals surface area contributed by atoms with Crippen molar-refractivity contribution in [2.45, 2.75) is 12.2 Å². The molecule has 0 aromatic carbocycles. The summed E-state index contributed by atoms with van der Waals surface area (Å²) in [6.45, 7) is 2.68. The van der Waals surface area contributed by atoms with Crippen molar-refractivity contribution in [3.05, 3.63) is 0 Å². The van der Waals surface area contributed by atoms with Gasteiger partial charge in [-0.1, -0.05) is 0 Å². The highest BCUT2D eigenvalue weighted by Crippen LogP contribution is 1.97. The molecule has 0 aliphatic carbocycles. The van der Waals surface area contributed by atoms with Gasteiger partial charge in [0.1, 0.15) is 0 Å². The zero-order valence-electron chi connectivity index (χ0n) is 6.18. The van der Waals surface area contributed by atoms with Crippen molar-refractivity contribution >= 4 is 6.03 Å². The fourth-order valence-electron chi connectivity index (χ4n) is 1.49. The Bertz CT molecular complexity index is 166. The Labute approximate surface area is 64.9 Å². The van der Waals surface area contributed by atoms with Crippen LogP contribution in [0.15, 0.2) is 0 Å². The molecule has 5 heteroatoms. The molecule has 2 rings (SSSR count). The standard InChI is InChI=1S/C6H12N4O/c11-6-9-3-4(10-6)5-7-1-2-8-5/h4-5,7-8H,1-3H2,(H2,9,10,11). The van der Waals surface area contributed by atoms with E-state index in [4.69, 9.17) is 0 Å². The zero-order valence-corrected chi connectivity index (χ0v) is 6.18. The van der Waals surface area contributed by atoms with E-state index in [0.717, 1.165) is 13.1 Å². The number of amides is 2. The smallest absolute Gasteiger partial charge is 0.315 e. The van der Waals surface area contributed by atoms with Gasteiger partial charge >= 0.3 is 6.03 Å². The van der Waals surface area contributed by atoms with Gasteiger partial charge in [0.05, 0.1) is 12.2 Å². The van der Waals surface area contributed by atoms with E-state index >= 15 is 0 Å². The first kappa shape index (κ1) is 6.87. The molecule has 11 heavy (non-hydrogen) atoms. The predicted molar refractivity (Wildman–Crippen MR) is 40.1 cm³/mol. The number of urea groups is 1. The van der Waals surface area contributed by atoms with Crippen molar-refractivity contribution in [3.8, 4) is 0 Å². The van der Waals surface area contributed by atoms with Gasteiger partial charge in [0.2, 0.25) is 0 Å². The molecule has 2 aliphatic rings. The summed E-state index contributed by atoms with van der Waals surface area (Å²) in [4.78, 5) is 10.7. The Balaban J connectivity index is 1.90. The second kappa shape index (κ2) is 2.67. The summed E-state index contributed by atoms with van der Waals surface area (Å²) in [7, 11) is 0. The third kappa shape index (κ3) is 1.29. The number of hydrogen-bond acceptors (Lipinski definition) is 3. The Hall–Kier alpha value is -0.810. The summed E-state index contributed by atoms with van der Waals surface area (Å²) >= 11 is 0. The first-order valence-corrected chi connectivity index (χ1v) is 3.87.